The topological polar surface area (TPSA) is 66.8 Å². The van der Waals surface area contributed by atoms with Gasteiger partial charge in [0.25, 0.3) is 5.91 Å². The lowest BCUT2D eigenvalue weighted by atomic mass is 10.1. The highest BCUT2D eigenvalue weighted by Crippen LogP contribution is 2.18. The number of aromatic nitrogens is 4. The molecule has 1 amide bonds. The summed E-state index contributed by atoms with van der Waals surface area (Å²) in [5.41, 5.74) is 3.81. The van der Waals surface area contributed by atoms with E-state index < -0.39 is 0 Å². The fraction of sp³-hybridized carbons (Fsp3) is 0.240. The van der Waals surface area contributed by atoms with Crippen molar-refractivity contribution >= 4 is 5.91 Å². The Kier molecular flexibility index (Phi) is 6.75. The molecular formula is C25H26FN5O. The molecule has 7 heteroatoms. The molecule has 4 rings (SSSR count). The number of para-hydroxylation sites is 1. The van der Waals surface area contributed by atoms with E-state index in [1.54, 1.807) is 42.4 Å². The molecule has 0 atom stereocenters. The van der Waals surface area contributed by atoms with Crippen LogP contribution >= 0.6 is 0 Å². The maximum Gasteiger partial charge on any atom is 0.274 e. The minimum absolute atomic E-state index is 0.166. The van der Waals surface area contributed by atoms with Crippen LogP contribution in [0.2, 0.25) is 0 Å². The third-order valence-electron chi connectivity index (χ3n) is 5.39. The molecule has 0 saturated heterocycles. The maximum absolute atomic E-state index is 13.9. The summed E-state index contributed by atoms with van der Waals surface area (Å²) in [6.45, 7) is 0.642. The van der Waals surface area contributed by atoms with Crippen LogP contribution in [0.25, 0.3) is 16.9 Å². The van der Waals surface area contributed by atoms with Gasteiger partial charge < -0.3 is 4.90 Å². The van der Waals surface area contributed by atoms with Crippen LogP contribution in [0.4, 0.5) is 4.39 Å². The standard InChI is InChI=1S/C25H26FN5O/c1-30(25(32)22-15-17-31(29-22)24-14-8-7-13-21(24)26)16-9-3-6-12-20-18-23(28-27-20)19-10-4-2-5-11-19/h2,4-5,7-8,10-11,13-15,17-18H,3,6,9,12,16H2,1H3,(H,27,28). The van der Waals surface area contributed by atoms with Gasteiger partial charge in [0, 0.05) is 31.0 Å². The zero-order valence-corrected chi connectivity index (χ0v) is 18.0. The van der Waals surface area contributed by atoms with Gasteiger partial charge in [-0.05, 0) is 43.5 Å². The number of halogens is 1. The summed E-state index contributed by atoms with van der Waals surface area (Å²) in [7, 11) is 1.77. The smallest absolute Gasteiger partial charge is 0.274 e. The Morgan fingerprint density at radius 2 is 1.81 bits per heavy atom. The van der Waals surface area contributed by atoms with Crippen LogP contribution < -0.4 is 0 Å². The average molecular weight is 432 g/mol. The minimum atomic E-state index is -0.379. The molecule has 0 aliphatic carbocycles. The number of hydrogen-bond acceptors (Lipinski definition) is 3. The molecule has 164 valence electrons. The molecule has 1 N–H and O–H groups in total. The second kappa shape index (κ2) is 10.0. The van der Waals surface area contributed by atoms with Gasteiger partial charge in [0.15, 0.2) is 5.69 Å². The summed E-state index contributed by atoms with van der Waals surface area (Å²) < 4.78 is 15.3. The second-order valence-electron chi connectivity index (χ2n) is 7.78. The van der Waals surface area contributed by atoms with Crippen molar-refractivity contribution in [1.82, 2.24) is 24.9 Å². The number of aromatic amines is 1. The molecule has 0 radical (unpaired) electrons. The van der Waals surface area contributed by atoms with Crippen LogP contribution in [0.15, 0.2) is 72.9 Å². The van der Waals surface area contributed by atoms with Gasteiger partial charge in [0.2, 0.25) is 0 Å². The van der Waals surface area contributed by atoms with Gasteiger partial charge in [-0.2, -0.15) is 10.2 Å². The molecule has 0 bridgehead atoms. The summed E-state index contributed by atoms with van der Waals surface area (Å²) in [5, 5.41) is 11.7. The Hall–Kier alpha value is -3.74. The van der Waals surface area contributed by atoms with Crippen LogP contribution in [0, 0.1) is 5.82 Å². The molecule has 0 saturated carbocycles. The number of rotatable bonds is 9. The normalized spacial score (nSPS) is 10.9. The van der Waals surface area contributed by atoms with E-state index in [0.717, 1.165) is 42.6 Å². The zero-order chi connectivity index (χ0) is 22.3. The molecule has 0 fully saturated rings. The van der Waals surface area contributed by atoms with E-state index >= 15 is 0 Å². The molecule has 32 heavy (non-hydrogen) atoms. The Labute approximate surface area is 186 Å². The zero-order valence-electron chi connectivity index (χ0n) is 18.0. The van der Waals surface area contributed by atoms with E-state index in [0.29, 0.717) is 17.9 Å². The molecule has 2 heterocycles. The van der Waals surface area contributed by atoms with Gasteiger partial charge in [-0.1, -0.05) is 48.9 Å². The van der Waals surface area contributed by atoms with Gasteiger partial charge in [-0.25, -0.2) is 9.07 Å². The largest absolute Gasteiger partial charge is 0.340 e. The van der Waals surface area contributed by atoms with Crippen molar-refractivity contribution in [2.45, 2.75) is 25.7 Å². The summed E-state index contributed by atoms with van der Waals surface area (Å²) >= 11 is 0. The second-order valence-corrected chi connectivity index (χ2v) is 7.78. The van der Waals surface area contributed by atoms with Gasteiger partial charge in [0.1, 0.15) is 11.5 Å². The highest BCUT2D eigenvalue weighted by molar-refractivity contribution is 5.92. The molecule has 4 aromatic rings. The number of nitrogens with zero attached hydrogens (tertiary/aromatic N) is 4. The van der Waals surface area contributed by atoms with Crippen LogP contribution in [-0.2, 0) is 6.42 Å². The van der Waals surface area contributed by atoms with Crippen LogP contribution in [0.5, 0.6) is 0 Å². The van der Waals surface area contributed by atoms with E-state index in [1.807, 2.05) is 30.3 Å². The third kappa shape index (κ3) is 5.11. The van der Waals surface area contributed by atoms with Crippen molar-refractivity contribution in [3.05, 3.63) is 90.1 Å². The number of amides is 1. The number of unbranched alkanes of at least 4 members (excludes halogenated alkanes) is 2. The molecule has 0 aliphatic heterocycles. The van der Waals surface area contributed by atoms with Crippen molar-refractivity contribution in [1.29, 1.82) is 0 Å². The van der Waals surface area contributed by atoms with Gasteiger partial charge >= 0.3 is 0 Å². The molecule has 0 spiro atoms. The first-order valence-corrected chi connectivity index (χ1v) is 10.8. The first-order valence-electron chi connectivity index (χ1n) is 10.8. The van der Waals surface area contributed by atoms with E-state index in [2.05, 4.69) is 21.4 Å². The van der Waals surface area contributed by atoms with E-state index in [1.165, 1.54) is 10.7 Å². The summed E-state index contributed by atoms with van der Waals surface area (Å²) in [5.74, 6) is -0.544. The Bertz CT molecular complexity index is 1170. The van der Waals surface area contributed by atoms with Crippen molar-refractivity contribution in [3.63, 3.8) is 0 Å². The number of nitrogens with one attached hydrogen (secondary N) is 1. The lowest BCUT2D eigenvalue weighted by molar-refractivity contribution is 0.0786. The number of carbonyl (C=O) groups excluding carboxylic acids is 1. The Morgan fingerprint density at radius 3 is 2.62 bits per heavy atom. The molecule has 2 aromatic carbocycles. The lowest BCUT2D eigenvalue weighted by Crippen LogP contribution is -2.28. The number of H-pyrrole nitrogens is 1. The van der Waals surface area contributed by atoms with Gasteiger partial charge in [-0.15, -0.1) is 0 Å². The summed E-state index contributed by atoms with van der Waals surface area (Å²) in [6.07, 6.45) is 5.44. The van der Waals surface area contributed by atoms with E-state index in [-0.39, 0.29) is 11.7 Å². The highest BCUT2D eigenvalue weighted by Gasteiger charge is 2.16. The molecule has 0 aliphatic rings. The van der Waals surface area contributed by atoms with Crippen LogP contribution in [-0.4, -0.2) is 44.4 Å². The maximum atomic E-state index is 13.9. The number of hydrogen-bond donors (Lipinski definition) is 1. The quantitative estimate of drug-likeness (QED) is 0.384. The number of aryl methyl sites for hydroxylation is 1. The van der Waals surface area contributed by atoms with Gasteiger partial charge in [-0.3, -0.25) is 9.89 Å². The minimum Gasteiger partial charge on any atom is -0.340 e. The van der Waals surface area contributed by atoms with Gasteiger partial charge in [0.05, 0.1) is 5.69 Å². The predicted molar refractivity (Wildman–Crippen MR) is 122 cm³/mol. The Balaban J connectivity index is 1.22. The fourth-order valence-corrected chi connectivity index (χ4v) is 3.59. The SMILES string of the molecule is CN(CCCCCc1cc(-c2ccccc2)n[nH]1)C(=O)c1ccn(-c2ccccc2F)n1. The number of carbonyl (C=O) groups is 1. The van der Waals surface area contributed by atoms with E-state index in [4.69, 9.17) is 0 Å². The third-order valence-corrected chi connectivity index (χ3v) is 5.39. The molecular weight excluding hydrogens is 405 g/mol. The van der Waals surface area contributed by atoms with Crippen LogP contribution in [0.3, 0.4) is 0 Å². The van der Waals surface area contributed by atoms with Crippen molar-refractivity contribution in [2.75, 3.05) is 13.6 Å². The molecule has 2 aromatic heterocycles. The molecule has 6 nitrogen and oxygen atoms in total. The monoisotopic (exact) mass is 431 g/mol. The highest BCUT2D eigenvalue weighted by atomic mass is 19.1. The molecule has 0 unspecified atom stereocenters. The predicted octanol–water partition coefficient (Wildman–Crippen LogP) is 4.89. The van der Waals surface area contributed by atoms with Crippen molar-refractivity contribution in [2.24, 2.45) is 0 Å². The first kappa shape index (κ1) is 21.5. The fourth-order valence-electron chi connectivity index (χ4n) is 3.59. The first-order chi connectivity index (χ1) is 15.6. The van der Waals surface area contributed by atoms with Crippen molar-refractivity contribution in [3.8, 4) is 16.9 Å². The number of benzene rings is 2. The summed E-state index contributed by atoms with van der Waals surface area (Å²) in [6, 6.07) is 20.2. The Morgan fingerprint density at radius 1 is 1.03 bits per heavy atom. The lowest BCUT2D eigenvalue weighted by Gasteiger charge is -2.15. The summed E-state index contributed by atoms with van der Waals surface area (Å²) in [4.78, 5) is 14.3. The average Bonchev–Trinajstić information content (AvgIpc) is 3.49. The van der Waals surface area contributed by atoms with Crippen molar-refractivity contribution < 1.29 is 9.18 Å². The van der Waals surface area contributed by atoms with Crippen LogP contribution in [0.1, 0.15) is 35.4 Å². The van der Waals surface area contributed by atoms with E-state index in [9.17, 15) is 9.18 Å².